The van der Waals surface area contributed by atoms with Crippen LogP contribution in [0.1, 0.15) is 31.9 Å². The van der Waals surface area contributed by atoms with Crippen LogP contribution in [0.25, 0.3) is 0 Å². The normalized spacial score (nSPS) is 23.8. The third-order valence-electron chi connectivity index (χ3n) is 3.65. The molecule has 0 aromatic heterocycles. The predicted octanol–water partition coefficient (Wildman–Crippen LogP) is 1.95. The van der Waals surface area contributed by atoms with Crippen molar-refractivity contribution in [2.24, 2.45) is 5.92 Å². The van der Waals surface area contributed by atoms with Gasteiger partial charge in [0.15, 0.2) is 0 Å². The lowest BCUT2D eigenvalue weighted by molar-refractivity contribution is 0.136. The Bertz CT molecular complexity index is 359. The summed E-state index contributed by atoms with van der Waals surface area (Å²) >= 11 is 0. The highest BCUT2D eigenvalue weighted by Gasteiger charge is 2.25. The predicted molar refractivity (Wildman–Crippen MR) is 69.1 cm³/mol. The van der Waals surface area contributed by atoms with E-state index in [1.165, 1.54) is 5.69 Å². The van der Waals surface area contributed by atoms with Gasteiger partial charge in [-0.15, -0.1) is 0 Å². The van der Waals surface area contributed by atoms with E-state index in [0.717, 1.165) is 25.1 Å². The summed E-state index contributed by atoms with van der Waals surface area (Å²) in [5.74, 6) is 0.381. The molecule has 0 saturated carbocycles. The van der Waals surface area contributed by atoms with E-state index in [1.807, 2.05) is 31.2 Å². The molecule has 3 heteroatoms. The van der Waals surface area contributed by atoms with Gasteiger partial charge in [0, 0.05) is 24.7 Å². The maximum Gasteiger partial charge on any atom is 0.0761 e. The molecule has 1 heterocycles. The molecule has 3 atom stereocenters. The van der Waals surface area contributed by atoms with Crippen molar-refractivity contribution in [1.29, 1.82) is 0 Å². The molecule has 1 aliphatic rings. The van der Waals surface area contributed by atoms with E-state index in [0.29, 0.717) is 5.92 Å². The highest BCUT2D eigenvalue weighted by molar-refractivity contribution is 5.48. The minimum atomic E-state index is -0.409. The number of aliphatic hydroxyl groups is 2. The van der Waals surface area contributed by atoms with Gasteiger partial charge in [-0.25, -0.2) is 0 Å². The molecule has 1 aromatic rings. The third-order valence-corrected chi connectivity index (χ3v) is 3.65. The van der Waals surface area contributed by atoms with Crippen LogP contribution >= 0.6 is 0 Å². The van der Waals surface area contributed by atoms with Crippen LogP contribution in [0.3, 0.4) is 0 Å². The van der Waals surface area contributed by atoms with Gasteiger partial charge in [0.1, 0.15) is 0 Å². The third kappa shape index (κ3) is 2.79. The molecular formula is C14H21NO2. The first-order chi connectivity index (χ1) is 8.08. The lowest BCUT2D eigenvalue weighted by Crippen LogP contribution is -2.23. The first-order valence-corrected chi connectivity index (χ1v) is 6.29. The summed E-state index contributed by atoms with van der Waals surface area (Å²) in [4.78, 5) is 2.29. The largest absolute Gasteiger partial charge is 0.393 e. The second-order valence-electron chi connectivity index (χ2n) is 5.00. The van der Waals surface area contributed by atoms with Gasteiger partial charge in [-0.05, 0) is 38.0 Å². The van der Waals surface area contributed by atoms with Gasteiger partial charge in [-0.3, -0.25) is 0 Å². The standard InChI is InChI=1S/C14H21NO2/c1-10(16)12-3-5-14(6-4-12)15-8-7-13(9-15)11(2)17/h3-6,10-11,13,16-17H,7-9H2,1-2H3/t10-,11?,13?/m1/s1. The minimum Gasteiger partial charge on any atom is -0.393 e. The molecule has 0 bridgehead atoms. The Kier molecular flexibility index (Phi) is 3.69. The number of aliphatic hydroxyl groups excluding tert-OH is 2. The average Bonchev–Trinajstić information content (AvgIpc) is 2.78. The molecule has 0 aliphatic carbocycles. The van der Waals surface area contributed by atoms with Crippen molar-refractivity contribution in [2.45, 2.75) is 32.5 Å². The quantitative estimate of drug-likeness (QED) is 0.841. The summed E-state index contributed by atoms with van der Waals surface area (Å²) < 4.78 is 0. The smallest absolute Gasteiger partial charge is 0.0761 e. The summed E-state index contributed by atoms with van der Waals surface area (Å²) in [5.41, 5.74) is 2.12. The minimum absolute atomic E-state index is 0.225. The molecule has 1 aromatic carbocycles. The summed E-state index contributed by atoms with van der Waals surface area (Å²) in [6.45, 7) is 5.56. The van der Waals surface area contributed by atoms with Crippen LogP contribution in [0.5, 0.6) is 0 Å². The number of rotatable bonds is 3. The van der Waals surface area contributed by atoms with E-state index in [1.54, 1.807) is 6.92 Å². The summed E-state index contributed by atoms with van der Waals surface area (Å²) in [6, 6.07) is 8.03. The fourth-order valence-corrected chi connectivity index (χ4v) is 2.38. The monoisotopic (exact) mass is 235 g/mol. The zero-order valence-corrected chi connectivity index (χ0v) is 10.5. The SMILES string of the molecule is CC(O)C1CCN(c2ccc([C@@H](C)O)cc2)C1. The second-order valence-corrected chi connectivity index (χ2v) is 5.00. The highest BCUT2D eigenvalue weighted by atomic mass is 16.3. The van der Waals surface area contributed by atoms with Crippen molar-refractivity contribution in [2.75, 3.05) is 18.0 Å². The number of benzene rings is 1. The van der Waals surface area contributed by atoms with Crippen LogP contribution in [0, 0.1) is 5.92 Å². The molecule has 1 fully saturated rings. The lowest BCUT2D eigenvalue weighted by Gasteiger charge is -2.20. The van der Waals surface area contributed by atoms with Crippen molar-refractivity contribution in [3.05, 3.63) is 29.8 Å². The van der Waals surface area contributed by atoms with E-state index >= 15 is 0 Å². The molecule has 1 aliphatic heterocycles. The highest BCUT2D eigenvalue weighted by Crippen LogP contribution is 2.26. The van der Waals surface area contributed by atoms with E-state index < -0.39 is 6.10 Å². The Morgan fingerprint density at radius 1 is 1.18 bits per heavy atom. The number of hydrogen-bond donors (Lipinski definition) is 2. The second kappa shape index (κ2) is 5.07. The van der Waals surface area contributed by atoms with Gasteiger partial charge in [0.25, 0.3) is 0 Å². The van der Waals surface area contributed by atoms with Crippen molar-refractivity contribution >= 4 is 5.69 Å². The fourth-order valence-electron chi connectivity index (χ4n) is 2.38. The van der Waals surface area contributed by atoms with Crippen LogP contribution in [-0.4, -0.2) is 29.4 Å². The molecule has 2 rings (SSSR count). The first-order valence-electron chi connectivity index (χ1n) is 6.29. The van der Waals surface area contributed by atoms with Crippen LogP contribution < -0.4 is 4.90 Å². The molecule has 1 saturated heterocycles. The Hall–Kier alpha value is -1.06. The molecule has 94 valence electrons. The van der Waals surface area contributed by atoms with Crippen molar-refractivity contribution < 1.29 is 10.2 Å². The molecule has 3 nitrogen and oxygen atoms in total. The molecule has 0 amide bonds. The Morgan fingerprint density at radius 2 is 1.82 bits per heavy atom. The van der Waals surface area contributed by atoms with Gasteiger partial charge in [0.2, 0.25) is 0 Å². The zero-order chi connectivity index (χ0) is 12.4. The number of hydrogen-bond acceptors (Lipinski definition) is 3. The van der Waals surface area contributed by atoms with E-state index in [9.17, 15) is 10.2 Å². The van der Waals surface area contributed by atoms with Gasteiger partial charge in [0.05, 0.1) is 12.2 Å². The van der Waals surface area contributed by atoms with Gasteiger partial charge in [-0.1, -0.05) is 12.1 Å². The van der Waals surface area contributed by atoms with Crippen molar-refractivity contribution in [3.8, 4) is 0 Å². The van der Waals surface area contributed by atoms with Crippen LogP contribution in [0.2, 0.25) is 0 Å². The Balaban J connectivity index is 2.04. The van der Waals surface area contributed by atoms with E-state index in [2.05, 4.69) is 4.90 Å². The van der Waals surface area contributed by atoms with Crippen molar-refractivity contribution in [3.63, 3.8) is 0 Å². The summed E-state index contributed by atoms with van der Waals surface area (Å²) in [6.07, 6.45) is 0.417. The van der Waals surface area contributed by atoms with E-state index in [-0.39, 0.29) is 6.10 Å². The molecule has 0 radical (unpaired) electrons. The maximum atomic E-state index is 9.57. The van der Waals surface area contributed by atoms with Gasteiger partial charge in [-0.2, -0.15) is 0 Å². The Morgan fingerprint density at radius 3 is 2.29 bits per heavy atom. The lowest BCUT2D eigenvalue weighted by atomic mass is 10.0. The zero-order valence-electron chi connectivity index (χ0n) is 10.5. The summed E-state index contributed by atoms with van der Waals surface area (Å²) in [7, 11) is 0. The molecule has 2 unspecified atom stereocenters. The van der Waals surface area contributed by atoms with Crippen LogP contribution in [0.15, 0.2) is 24.3 Å². The molecular weight excluding hydrogens is 214 g/mol. The Labute approximate surface area is 103 Å². The molecule has 17 heavy (non-hydrogen) atoms. The number of anilines is 1. The molecule has 0 spiro atoms. The van der Waals surface area contributed by atoms with Crippen LogP contribution in [-0.2, 0) is 0 Å². The van der Waals surface area contributed by atoms with Crippen molar-refractivity contribution in [1.82, 2.24) is 0 Å². The van der Waals surface area contributed by atoms with Gasteiger partial charge >= 0.3 is 0 Å². The van der Waals surface area contributed by atoms with Gasteiger partial charge < -0.3 is 15.1 Å². The van der Waals surface area contributed by atoms with Crippen LogP contribution in [0.4, 0.5) is 5.69 Å². The number of nitrogens with zero attached hydrogens (tertiary/aromatic N) is 1. The maximum absolute atomic E-state index is 9.57. The fraction of sp³-hybridized carbons (Fsp3) is 0.571. The summed E-state index contributed by atoms with van der Waals surface area (Å²) in [5, 5.41) is 19.0. The average molecular weight is 235 g/mol. The van der Waals surface area contributed by atoms with E-state index in [4.69, 9.17) is 0 Å². The topological polar surface area (TPSA) is 43.7 Å². The first kappa shape index (κ1) is 12.4. The molecule has 2 N–H and O–H groups in total.